The minimum Gasteiger partial charge on any atom is -0.436 e. The van der Waals surface area contributed by atoms with Crippen LogP contribution in [0.15, 0.2) is 51.5 Å². The maximum atomic E-state index is 11.7. The van der Waals surface area contributed by atoms with Gasteiger partial charge in [0, 0.05) is 6.20 Å². The molecule has 0 aromatic carbocycles. The van der Waals surface area contributed by atoms with Crippen LogP contribution in [0, 0.1) is 0 Å². The van der Waals surface area contributed by atoms with Crippen molar-refractivity contribution < 1.29 is 12.8 Å². The number of aromatic nitrogens is 2. The van der Waals surface area contributed by atoms with E-state index in [0.717, 1.165) is 0 Å². The molecule has 0 radical (unpaired) electrons. The number of hydrogen-bond donors (Lipinski definition) is 0. The summed E-state index contributed by atoms with van der Waals surface area (Å²) >= 11 is 0. The van der Waals surface area contributed by atoms with Gasteiger partial charge in [-0.3, -0.25) is 0 Å². The van der Waals surface area contributed by atoms with Gasteiger partial charge in [0.05, 0.1) is 6.20 Å². The van der Waals surface area contributed by atoms with Crippen molar-refractivity contribution in [1.29, 1.82) is 0 Å². The van der Waals surface area contributed by atoms with Gasteiger partial charge in [-0.1, -0.05) is 6.07 Å². The molecule has 0 N–H and O–H groups in total. The molecule has 0 atom stereocenters. The fourth-order valence-corrected chi connectivity index (χ4v) is 1.96. The van der Waals surface area contributed by atoms with Crippen LogP contribution in [0.5, 0.6) is 0 Å². The van der Waals surface area contributed by atoms with Crippen LogP contribution in [0.25, 0.3) is 0 Å². The van der Waals surface area contributed by atoms with E-state index >= 15 is 0 Å². The normalized spacial score (nSPS) is 11.4. The third-order valence-electron chi connectivity index (χ3n) is 1.55. The van der Waals surface area contributed by atoms with Gasteiger partial charge in [-0.2, -0.15) is 0 Å². The van der Waals surface area contributed by atoms with Gasteiger partial charge < -0.3 is 4.42 Å². The Morgan fingerprint density at radius 2 is 2.00 bits per heavy atom. The van der Waals surface area contributed by atoms with Crippen LogP contribution in [-0.4, -0.2) is 18.4 Å². The zero-order valence-corrected chi connectivity index (χ0v) is 7.81. The Balaban J connectivity index is 2.55. The standard InChI is InChI=1S/C8H6N2O3S/c11-14(12,8-10-5-6-13-8)7-3-1-2-4-9-7/h1-6H. The molecular weight excluding hydrogens is 204 g/mol. The summed E-state index contributed by atoms with van der Waals surface area (Å²) in [5.74, 6) is 0. The Hall–Kier alpha value is -1.69. The maximum Gasteiger partial charge on any atom is 0.321 e. The fraction of sp³-hybridized carbons (Fsp3) is 0. The van der Waals surface area contributed by atoms with E-state index in [1.165, 1.54) is 24.7 Å². The zero-order valence-electron chi connectivity index (χ0n) is 6.99. The molecule has 0 aliphatic heterocycles. The second-order valence-corrected chi connectivity index (χ2v) is 4.24. The molecule has 2 rings (SSSR count). The van der Waals surface area contributed by atoms with Gasteiger partial charge in [-0.05, 0) is 12.1 Å². The maximum absolute atomic E-state index is 11.7. The summed E-state index contributed by atoms with van der Waals surface area (Å²) in [6, 6.07) is 4.61. The zero-order chi connectivity index (χ0) is 10.0. The second-order valence-electron chi connectivity index (χ2n) is 2.47. The van der Waals surface area contributed by atoms with E-state index in [1.54, 1.807) is 12.1 Å². The highest BCUT2D eigenvalue weighted by atomic mass is 32.2. The number of nitrogens with zero attached hydrogens (tertiary/aromatic N) is 2. The van der Waals surface area contributed by atoms with Gasteiger partial charge in [0.1, 0.15) is 6.26 Å². The van der Waals surface area contributed by atoms with Gasteiger partial charge in [0.2, 0.25) is 0 Å². The number of rotatable bonds is 2. The Morgan fingerprint density at radius 3 is 2.57 bits per heavy atom. The molecule has 2 aromatic rings. The molecule has 6 heteroatoms. The summed E-state index contributed by atoms with van der Waals surface area (Å²) < 4.78 is 28.1. The lowest BCUT2D eigenvalue weighted by molar-refractivity contribution is 0.429. The Labute approximate surface area is 80.3 Å². The highest BCUT2D eigenvalue weighted by Crippen LogP contribution is 2.15. The molecule has 0 unspecified atom stereocenters. The van der Waals surface area contributed by atoms with E-state index in [2.05, 4.69) is 9.97 Å². The van der Waals surface area contributed by atoms with Crippen molar-refractivity contribution in [3.8, 4) is 0 Å². The molecule has 0 saturated heterocycles. The molecule has 2 heterocycles. The first-order chi connectivity index (χ1) is 6.71. The summed E-state index contributed by atoms with van der Waals surface area (Å²) in [4.78, 5) is 7.29. The highest BCUT2D eigenvalue weighted by Gasteiger charge is 2.23. The third-order valence-corrected chi connectivity index (χ3v) is 3.01. The van der Waals surface area contributed by atoms with Crippen LogP contribution in [-0.2, 0) is 9.84 Å². The summed E-state index contributed by atoms with van der Waals surface area (Å²) in [6.07, 6.45) is 3.88. The number of pyridine rings is 1. The van der Waals surface area contributed by atoms with Gasteiger partial charge in [0.15, 0.2) is 5.03 Å². The van der Waals surface area contributed by atoms with Gasteiger partial charge in [-0.15, -0.1) is 0 Å². The van der Waals surface area contributed by atoms with E-state index < -0.39 is 9.84 Å². The van der Waals surface area contributed by atoms with Crippen LogP contribution in [0.2, 0.25) is 0 Å². The summed E-state index contributed by atoms with van der Waals surface area (Å²) in [7, 11) is -3.68. The van der Waals surface area contributed by atoms with E-state index in [9.17, 15) is 8.42 Å². The average Bonchev–Trinajstić information content (AvgIpc) is 2.72. The van der Waals surface area contributed by atoms with Crippen LogP contribution < -0.4 is 0 Å². The molecule has 0 saturated carbocycles. The molecular formula is C8H6N2O3S. The minimum atomic E-state index is -3.68. The lowest BCUT2D eigenvalue weighted by atomic mass is 10.5. The molecule has 0 aliphatic rings. The minimum absolute atomic E-state index is 0.0672. The topological polar surface area (TPSA) is 73.1 Å². The van der Waals surface area contributed by atoms with Crippen LogP contribution in [0.3, 0.4) is 0 Å². The number of hydrogen-bond acceptors (Lipinski definition) is 5. The quantitative estimate of drug-likeness (QED) is 0.736. The van der Waals surface area contributed by atoms with Crippen molar-refractivity contribution in [2.75, 3.05) is 0 Å². The third kappa shape index (κ3) is 1.39. The summed E-state index contributed by atoms with van der Waals surface area (Å²) in [6.45, 7) is 0. The van der Waals surface area contributed by atoms with Crippen molar-refractivity contribution >= 4 is 9.84 Å². The number of oxazole rings is 1. The van der Waals surface area contributed by atoms with Crippen LogP contribution >= 0.6 is 0 Å². The van der Waals surface area contributed by atoms with Crippen molar-refractivity contribution in [3.63, 3.8) is 0 Å². The lowest BCUT2D eigenvalue weighted by Crippen LogP contribution is -2.03. The molecule has 0 fully saturated rings. The summed E-state index contributed by atoms with van der Waals surface area (Å²) in [5, 5.41) is -0.404. The largest absolute Gasteiger partial charge is 0.436 e. The predicted octanol–water partition coefficient (Wildman–Crippen LogP) is 0.902. The second kappa shape index (κ2) is 3.22. The van der Waals surface area contributed by atoms with Crippen LogP contribution in [0.4, 0.5) is 0 Å². The first-order valence-corrected chi connectivity index (χ1v) is 5.25. The lowest BCUT2D eigenvalue weighted by Gasteiger charge is -1.96. The molecule has 0 amide bonds. The van der Waals surface area contributed by atoms with Crippen molar-refractivity contribution in [2.24, 2.45) is 0 Å². The average molecular weight is 210 g/mol. The van der Waals surface area contributed by atoms with Gasteiger partial charge in [0.25, 0.3) is 9.84 Å². The van der Waals surface area contributed by atoms with Gasteiger partial charge >= 0.3 is 5.22 Å². The fourth-order valence-electron chi connectivity index (χ4n) is 0.939. The van der Waals surface area contributed by atoms with Crippen molar-refractivity contribution in [3.05, 3.63) is 36.9 Å². The molecule has 0 aliphatic carbocycles. The Kier molecular flexibility index (Phi) is 2.05. The first-order valence-electron chi connectivity index (χ1n) is 3.77. The van der Waals surface area contributed by atoms with Crippen LogP contribution in [0.1, 0.15) is 0 Å². The smallest absolute Gasteiger partial charge is 0.321 e. The Bertz CT molecular complexity index is 505. The van der Waals surface area contributed by atoms with Crippen molar-refractivity contribution in [1.82, 2.24) is 9.97 Å². The number of sulfone groups is 1. The molecule has 0 bridgehead atoms. The van der Waals surface area contributed by atoms with E-state index in [0.29, 0.717) is 0 Å². The summed E-state index contributed by atoms with van der Waals surface area (Å²) in [5.41, 5.74) is 0. The van der Waals surface area contributed by atoms with E-state index in [4.69, 9.17) is 4.42 Å². The molecule has 5 nitrogen and oxygen atoms in total. The predicted molar refractivity (Wildman–Crippen MR) is 46.2 cm³/mol. The molecule has 72 valence electrons. The van der Waals surface area contributed by atoms with E-state index in [-0.39, 0.29) is 10.2 Å². The van der Waals surface area contributed by atoms with Gasteiger partial charge in [-0.25, -0.2) is 18.4 Å². The molecule has 2 aromatic heterocycles. The highest BCUT2D eigenvalue weighted by molar-refractivity contribution is 7.91. The SMILES string of the molecule is O=S(=O)(c1ccccn1)c1ncco1. The first kappa shape index (κ1) is 8.89. The van der Waals surface area contributed by atoms with Crippen molar-refractivity contribution in [2.45, 2.75) is 10.2 Å². The molecule has 14 heavy (non-hydrogen) atoms. The monoisotopic (exact) mass is 210 g/mol. The molecule has 0 spiro atoms. The Morgan fingerprint density at radius 1 is 1.14 bits per heavy atom. The van der Waals surface area contributed by atoms with E-state index in [1.807, 2.05) is 0 Å².